The monoisotopic (exact) mass is 368 g/mol. The topological polar surface area (TPSA) is 16.1 Å². The van der Waals surface area contributed by atoms with E-state index in [2.05, 4.69) is 24.1 Å². The Labute approximate surface area is 160 Å². The van der Waals surface area contributed by atoms with Gasteiger partial charge in [0.15, 0.2) is 0 Å². The van der Waals surface area contributed by atoms with E-state index in [0.717, 1.165) is 55.1 Å². The first-order valence-electron chi connectivity index (χ1n) is 8.67. The van der Waals surface area contributed by atoms with Crippen LogP contribution in [0.1, 0.15) is 35.2 Å². The van der Waals surface area contributed by atoms with Crippen molar-refractivity contribution in [2.45, 2.75) is 25.7 Å². The van der Waals surface area contributed by atoms with Crippen LogP contribution in [0.3, 0.4) is 0 Å². The van der Waals surface area contributed by atoms with E-state index in [1.165, 1.54) is 22.3 Å². The van der Waals surface area contributed by atoms with E-state index in [9.17, 15) is 0 Å². The molecule has 1 fully saturated rings. The van der Waals surface area contributed by atoms with Crippen molar-refractivity contribution < 1.29 is 0 Å². The standard InChI is InChI=1S/C20H19BCl2N2/c1-25-8-6-12(7-9-25)18-15-5-3-14(22)10-13(15)2-4-16-19(23)17(21)11-24-20(16)18/h3,5,10-11H,2,4,6-9H2,1H3. The predicted octanol–water partition coefficient (Wildman–Crippen LogP) is 3.81. The van der Waals surface area contributed by atoms with E-state index in [1.807, 2.05) is 6.07 Å². The Balaban J connectivity index is 1.98. The molecule has 1 aromatic carbocycles. The highest BCUT2D eigenvalue weighted by Crippen LogP contribution is 2.39. The molecule has 2 radical (unpaired) electrons. The summed E-state index contributed by atoms with van der Waals surface area (Å²) in [4.78, 5) is 7.09. The lowest BCUT2D eigenvalue weighted by molar-refractivity contribution is 0.313. The Morgan fingerprint density at radius 1 is 1.08 bits per heavy atom. The molecule has 25 heavy (non-hydrogen) atoms. The largest absolute Gasteiger partial charge is 0.306 e. The minimum absolute atomic E-state index is 0.553. The first kappa shape index (κ1) is 17.1. The third-order valence-electron chi connectivity index (χ3n) is 5.30. The summed E-state index contributed by atoms with van der Waals surface area (Å²) in [6, 6.07) is 6.19. The molecule has 1 aliphatic heterocycles. The van der Waals surface area contributed by atoms with Crippen LogP contribution >= 0.6 is 23.2 Å². The van der Waals surface area contributed by atoms with Gasteiger partial charge in [-0.2, -0.15) is 0 Å². The van der Waals surface area contributed by atoms with Crippen LogP contribution in [0.5, 0.6) is 0 Å². The molecule has 0 spiro atoms. The zero-order valence-corrected chi connectivity index (χ0v) is 15.8. The average Bonchev–Trinajstić information content (AvgIpc) is 2.76. The quantitative estimate of drug-likeness (QED) is 0.657. The van der Waals surface area contributed by atoms with Crippen molar-refractivity contribution in [3.8, 4) is 0 Å². The zero-order chi connectivity index (χ0) is 17.6. The predicted molar refractivity (Wildman–Crippen MR) is 106 cm³/mol. The average molecular weight is 369 g/mol. The summed E-state index contributed by atoms with van der Waals surface area (Å²) in [7, 11) is 8.20. The van der Waals surface area contributed by atoms with Crippen molar-refractivity contribution in [1.29, 1.82) is 0 Å². The molecule has 1 aliphatic carbocycles. The van der Waals surface area contributed by atoms with E-state index >= 15 is 0 Å². The number of likely N-dealkylation sites (tertiary alicyclic amines) is 1. The molecular weight excluding hydrogens is 350 g/mol. The third kappa shape index (κ3) is 3.14. The van der Waals surface area contributed by atoms with Gasteiger partial charge in [-0.1, -0.05) is 40.3 Å². The Morgan fingerprint density at radius 2 is 1.84 bits per heavy atom. The van der Waals surface area contributed by atoms with Crippen LogP contribution in [0.2, 0.25) is 10.0 Å². The Bertz CT molecular complexity index is 866. The van der Waals surface area contributed by atoms with E-state index in [1.54, 1.807) is 6.20 Å². The van der Waals surface area contributed by atoms with Crippen LogP contribution in [0, 0.1) is 0 Å². The number of fused-ring (bicyclic) bond motifs is 2. The maximum atomic E-state index is 6.56. The van der Waals surface area contributed by atoms with Crippen LogP contribution in [-0.4, -0.2) is 37.9 Å². The third-order valence-corrected chi connectivity index (χ3v) is 5.98. The normalized spacial score (nSPS) is 17.9. The second-order valence-corrected chi connectivity index (χ2v) is 7.75. The highest BCUT2D eigenvalue weighted by Gasteiger charge is 2.26. The van der Waals surface area contributed by atoms with Crippen molar-refractivity contribution in [3.05, 3.63) is 62.4 Å². The fourth-order valence-corrected chi connectivity index (χ4v) is 4.31. The number of hydrogen-bond donors (Lipinski definition) is 0. The van der Waals surface area contributed by atoms with E-state index in [4.69, 9.17) is 36.0 Å². The maximum absolute atomic E-state index is 6.56. The number of nitrogens with zero attached hydrogens (tertiary/aromatic N) is 2. The molecule has 2 aliphatic rings. The lowest BCUT2D eigenvalue weighted by Crippen LogP contribution is -2.27. The van der Waals surface area contributed by atoms with Crippen molar-refractivity contribution in [1.82, 2.24) is 9.88 Å². The second kappa shape index (κ2) is 6.79. The summed E-state index contributed by atoms with van der Waals surface area (Å²) in [5.74, 6) is 0. The Hall–Kier alpha value is -1.29. The van der Waals surface area contributed by atoms with E-state index in [-0.39, 0.29) is 0 Å². The molecule has 2 nitrogen and oxygen atoms in total. The lowest BCUT2D eigenvalue weighted by Gasteiger charge is -2.27. The number of aryl methyl sites for hydroxylation is 1. The smallest absolute Gasteiger partial charge is 0.118 e. The van der Waals surface area contributed by atoms with Gasteiger partial charge in [-0.05, 0) is 61.6 Å². The molecule has 0 N–H and O–H groups in total. The number of rotatable bonds is 0. The molecular formula is C20H19BCl2N2. The summed E-state index contributed by atoms with van der Waals surface area (Å²) >= 11 is 12.8. The Morgan fingerprint density at radius 3 is 2.60 bits per heavy atom. The number of halogens is 2. The molecule has 0 atom stereocenters. The SMILES string of the molecule is [B]c1cnc2c(c1Cl)CCc1cc(Cl)ccc1C2=C1CCN(C)CC1. The Kier molecular flexibility index (Phi) is 4.66. The van der Waals surface area contributed by atoms with Gasteiger partial charge in [0.1, 0.15) is 7.85 Å². The minimum atomic E-state index is 0.553. The first-order chi connectivity index (χ1) is 12.0. The molecule has 0 unspecified atom stereocenters. The van der Waals surface area contributed by atoms with Gasteiger partial charge in [-0.15, -0.1) is 0 Å². The first-order valence-corrected chi connectivity index (χ1v) is 9.42. The number of piperidine rings is 1. The number of hydrogen-bond acceptors (Lipinski definition) is 2. The summed E-state index contributed by atoms with van der Waals surface area (Å²) in [6.07, 6.45) is 5.52. The van der Waals surface area contributed by atoms with Gasteiger partial charge in [0.05, 0.1) is 5.69 Å². The van der Waals surface area contributed by atoms with Gasteiger partial charge in [0.2, 0.25) is 0 Å². The van der Waals surface area contributed by atoms with Gasteiger partial charge in [0.25, 0.3) is 0 Å². The summed E-state index contributed by atoms with van der Waals surface area (Å²) in [6.45, 7) is 2.14. The lowest BCUT2D eigenvalue weighted by atomic mass is 9.87. The molecule has 2 aromatic rings. The van der Waals surface area contributed by atoms with Crippen molar-refractivity contribution in [3.63, 3.8) is 0 Å². The van der Waals surface area contributed by atoms with Crippen LogP contribution in [-0.2, 0) is 12.8 Å². The summed E-state index contributed by atoms with van der Waals surface area (Å²) in [5.41, 5.74) is 7.83. The molecule has 0 amide bonds. The second-order valence-electron chi connectivity index (χ2n) is 6.94. The van der Waals surface area contributed by atoms with Gasteiger partial charge < -0.3 is 4.90 Å². The molecule has 126 valence electrons. The zero-order valence-electron chi connectivity index (χ0n) is 14.3. The summed E-state index contributed by atoms with van der Waals surface area (Å²) < 4.78 is 0. The van der Waals surface area contributed by atoms with Gasteiger partial charge in [0, 0.05) is 34.9 Å². The van der Waals surface area contributed by atoms with Gasteiger partial charge in [-0.3, -0.25) is 4.98 Å². The molecule has 1 saturated heterocycles. The molecule has 0 saturated carbocycles. The molecule has 1 aromatic heterocycles. The molecule has 5 heteroatoms. The maximum Gasteiger partial charge on any atom is 0.118 e. The molecule has 2 heterocycles. The van der Waals surface area contributed by atoms with Crippen molar-refractivity contribution >= 4 is 42.1 Å². The van der Waals surface area contributed by atoms with Crippen molar-refractivity contribution in [2.24, 2.45) is 0 Å². The van der Waals surface area contributed by atoms with E-state index in [0.29, 0.717) is 10.5 Å². The fourth-order valence-electron chi connectivity index (χ4n) is 3.89. The summed E-state index contributed by atoms with van der Waals surface area (Å²) in [5, 5.41) is 1.42. The highest BCUT2D eigenvalue weighted by molar-refractivity contribution is 6.45. The van der Waals surface area contributed by atoms with Crippen LogP contribution in [0.25, 0.3) is 5.57 Å². The van der Waals surface area contributed by atoms with Crippen LogP contribution in [0.15, 0.2) is 30.0 Å². The molecule has 0 bridgehead atoms. The number of benzene rings is 1. The molecule has 4 rings (SSSR count). The van der Waals surface area contributed by atoms with Crippen LogP contribution in [0.4, 0.5) is 0 Å². The van der Waals surface area contributed by atoms with Gasteiger partial charge in [-0.25, -0.2) is 0 Å². The van der Waals surface area contributed by atoms with E-state index < -0.39 is 0 Å². The fraction of sp³-hybridized carbons (Fsp3) is 0.350. The minimum Gasteiger partial charge on any atom is -0.306 e. The van der Waals surface area contributed by atoms with Crippen molar-refractivity contribution in [2.75, 3.05) is 20.1 Å². The highest BCUT2D eigenvalue weighted by atomic mass is 35.5. The number of aromatic nitrogens is 1. The number of pyridine rings is 1. The van der Waals surface area contributed by atoms with Gasteiger partial charge >= 0.3 is 0 Å². The van der Waals surface area contributed by atoms with Crippen LogP contribution < -0.4 is 5.46 Å².